The van der Waals surface area contributed by atoms with Gasteiger partial charge in [0.25, 0.3) is 0 Å². The summed E-state index contributed by atoms with van der Waals surface area (Å²) in [6.07, 6.45) is 48.3. The van der Waals surface area contributed by atoms with Crippen molar-refractivity contribution in [3.05, 3.63) is 97.2 Å². The van der Waals surface area contributed by atoms with E-state index in [9.17, 15) is 45.6 Å². The first-order valence-corrected chi connectivity index (χ1v) is 30.0. The number of ether oxygens (including phenoxy) is 4. The molecule has 9 N–H and O–H groups in total. The van der Waals surface area contributed by atoms with Gasteiger partial charge in [0.2, 0.25) is 5.91 Å². The quantitative estimate of drug-likeness (QED) is 0.0205. The molecule has 2 rings (SSSR count). The van der Waals surface area contributed by atoms with Gasteiger partial charge in [0.1, 0.15) is 48.8 Å². The molecule has 0 aliphatic carbocycles. The van der Waals surface area contributed by atoms with Gasteiger partial charge in [-0.05, 0) is 77.0 Å². The normalized spacial score (nSPS) is 25.4. The number of allylic oxidation sites excluding steroid dienone is 16. The van der Waals surface area contributed by atoms with Crippen molar-refractivity contribution in [3.63, 3.8) is 0 Å². The summed E-state index contributed by atoms with van der Waals surface area (Å²) in [5.74, 6) is -0.252. The number of carbonyl (C=O) groups is 1. The van der Waals surface area contributed by atoms with Gasteiger partial charge >= 0.3 is 0 Å². The zero-order valence-corrected chi connectivity index (χ0v) is 47.4. The predicted octanol–water partition coefficient (Wildman–Crippen LogP) is 10.3. The van der Waals surface area contributed by atoms with Gasteiger partial charge in [0.15, 0.2) is 12.6 Å². The Morgan fingerprint density at radius 1 is 0.481 bits per heavy atom. The first-order chi connectivity index (χ1) is 37.6. The van der Waals surface area contributed by atoms with Crippen molar-refractivity contribution in [2.45, 2.75) is 274 Å². The molecule has 0 aromatic heterocycles. The maximum absolute atomic E-state index is 13.3. The Bertz CT molecular complexity index is 1660. The van der Waals surface area contributed by atoms with E-state index in [4.69, 9.17) is 18.9 Å². The molecule has 0 spiro atoms. The van der Waals surface area contributed by atoms with Crippen LogP contribution in [0.1, 0.15) is 200 Å². The van der Waals surface area contributed by atoms with Crippen LogP contribution in [0, 0.1) is 0 Å². The van der Waals surface area contributed by atoms with Crippen molar-refractivity contribution >= 4 is 5.91 Å². The van der Waals surface area contributed by atoms with Crippen molar-refractivity contribution in [1.29, 1.82) is 0 Å². The lowest BCUT2D eigenvalue weighted by Crippen LogP contribution is -2.65. The molecule has 2 saturated heterocycles. The zero-order valence-electron chi connectivity index (χ0n) is 47.4. The maximum atomic E-state index is 13.3. The van der Waals surface area contributed by atoms with Crippen LogP contribution < -0.4 is 5.32 Å². The summed E-state index contributed by atoms with van der Waals surface area (Å²) in [6.45, 7) is 2.71. The summed E-state index contributed by atoms with van der Waals surface area (Å²) in [6, 6.07) is -0.859. The number of unbranched alkanes of at least 4 members (excludes halogenated alkanes) is 17. The van der Waals surface area contributed by atoms with Crippen molar-refractivity contribution in [3.8, 4) is 0 Å². The van der Waals surface area contributed by atoms with E-state index in [0.29, 0.717) is 12.8 Å². The van der Waals surface area contributed by atoms with Gasteiger partial charge < -0.3 is 65.1 Å². The number of nitrogens with one attached hydrogen (secondary N) is 1. The lowest BCUT2D eigenvalue weighted by molar-refractivity contribution is -0.359. The Kier molecular flexibility index (Phi) is 43.4. The molecule has 0 aromatic carbocycles. The first-order valence-electron chi connectivity index (χ1n) is 30.0. The highest BCUT2D eigenvalue weighted by atomic mass is 16.7. The van der Waals surface area contributed by atoms with Crippen molar-refractivity contribution in [1.82, 2.24) is 5.32 Å². The minimum absolute atomic E-state index is 0.243. The molecule has 77 heavy (non-hydrogen) atoms. The van der Waals surface area contributed by atoms with Crippen LogP contribution in [0.2, 0.25) is 0 Å². The Labute approximate surface area is 464 Å². The second kappa shape index (κ2) is 47.7. The van der Waals surface area contributed by atoms with E-state index in [1.54, 1.807) is 0 Å². The standard InChI is InChI=1S/C63H107NO13/c1-3-5-7-9-11-13-15-17-19-21-22-23-24-25-26-27-28-29-30-31-33-35-37-39-41-43-45-47-55(68)64-51(52(67)46-44-42-40-38-36-34-32-20-18-16-14-12-10-8-6-4-2)50-74-62-60(73)58(71)61(54(49-66)76-62)77-63-59(72)57(70)56(69)53(48-65)75-63/h5,7,11,13,17,19,22-23,25-26,28-29,31,33,37,39,51-54,56-63,65-67,69-73H,3-4,6,8-10,12,14-16,18,20-21,24,27,30,32,34-36,38,40-50H2,1-2H3,(H,64,68)/b7-5-,13-11-,19-17-,23-22-,26-25-,29-28-,33-31-,39-37-. The molecule has 0 aromatic rings. The van der Waals surface area contributed by atoms with E-state index < -0.39 is 86.8 Å². The summed E-state index contributed by atoms with van der Waals surface area (Å²) in [5, 5.41) is 87.2. The van der Waals surface area contributed by atoms with Gasteiger partial charge in [0.05, 0.1) is 32.0 Å². The van der Waals surface area contributed by atoms with Crippen LogP contribution in [0.3, 0.4) is 0 Å². The Morgan fingerprint density at radius 3 is 1.35 bits per heavy atom. The SMILES string of the molecule is CC/C=C\C/C=C\C/C=C\C/C=C\C/C=C\C/C=C\C/C=C\C/C=C\CCCCC(=O)NC(COC1OC(CO)C(OC2OC(CO)C(O)C(O)C2O)C(O)C1O)C(O)CCCCCCCCCCCCCCCCCC. The second-order valence-electron chi connectivity index (χ2n) is 20.7. The fourth-order valence-corrected chi connectivity index (χ4v) is 9.25. The highest BCUT2D eigenvalue weighted by molar-refractivity contribution is 5.76. The summed E-state index contributed by atoms with van der Waals surface area (Å²) >= 11 is 0. The van der Waals surface area contributed by atoms with Crippen molar-refractivity contribution in [2.75, 3.05) is 19.8 Å². The molecule has 12 unspecified atom stereocenters. The van der Waals surface area contributed by atoms with Crippen LogP contribution in [0.5, 0.6) is 0 Å². The fraction of sp³-hybridized carbons (Fsp3) is 0.730. The highest BCUT2D eigenvalue weighted by Gasteiger charge is 2.51. The van der Waals surface area contributed by atoms with Crippen LogP contribution in [0.25, 0.3) is 0 Å². The fourth-order valence-electron chi connectivity index (χ4n) is 9.25. The van der Waals surface area contributed by atoms with Crippen LogP contribution in [0.15, 0.2) is 97.2 Å². The average Bonchev–Trinajstić information content (AvgIpc) is 3.43. The molecule has 2 aliphatic heterocycles. The average molecular weight is 1090 g/mol. The second-order valence-corrected chi connectivity index (χ2v) is 20.7. The number of carbonyl (C=O) groups excluding carboxylic acids is 1. The van der Waals surface area contributed by atoms with Crippen LogP contribution >= 0.6 is 0 Å². The van der Waals surface area contributed by atoms with E-state index in [1.807, 2.05) is 0 Å². The largest absolute Gasteiger partial charge is 0.394 e. The summed E-state index contributed by atoms with van der Waals surface area (Å²) in [4.78, 5) is 13.3. The van der Waals surface area contributed by atoms with Crippen molar-refractivity contribution in [2.24, 2.45) is 0 Å². The van der Waals surface area contributed by atoms with Crippen LogP contribution in [-0.4, -0.2) is 140 Å². The summed E-state index contributed by atoms with van der Waals surface area (Å²) in [5.41, 5.74) is 0. The number of aliphatic hydroxyl groups is 8. The van der Waals surface area contributed by atoms with Gasteiger partial charge in [0, 0.05) is 6.42 Å². The van der Waals surface area contributed by atoms with E-state index in [1.165, 1.54) is 77.0 Å². The molecule has 2 aliphatic rings. The molecule has 12 atom stereocenters. The molecule has 14 nitrogen and oxygen atoms in total. The Balaban J connectivity index is 1.77. The third-order valence-electron chi connectivity index (χ3n) is 14.1. The lowest BCUT2D eigenvalue weighted by Gasteiger charge is -2.46. The van der Waals surface area contributed by atoms with Crippen LogP contribution in [-0.2, 0) is 23.7 Å². The first kappa shape index (κ1) is 70.0. The summed E-state index contributed by atoms with van der Waals surface area (Å²) < 4.78 is 22.8. The van der Waals surface area contributed by atoms with Gasteiger partial charge in [-0.25, -0.2) is 0 Å². The number of amides is 1. The minimum Gasteiger partial charge on any atom is -0.394 e. The molecule has 14 heteroatoms. The van der Waals surface area contributed by atoms with Crippen LogP contribution in [0.4, 0.5) is 0 Å². The predicted molar refractivity (Wildman–Crippen MR) is 309 cm³/mol. The molecule has 1 amide bonds. The molecule has 0 saturated carbocycles. The number of hydrogen-bond donors (Lipinski definition) is 9. The lowest BCUT2D eigenvalue weighted by atomic mass is 9.97. The van der Waals surface area contributed by atoms with Crippen molar-refractivity contribution < 1.29 is 64.6 Å². The smallest absolute Gasteiger partial charge is 0.220 e. The molecular weight excluding hydrogens is 979 g/mol. The Hall–Kier alpha value is -3.09. The van der Waals surface area contributed by atoms with E-state index in [0.717, 1.165) is 89.9 Å². The molecule has 2 heterocycles. The molecule has 0 bridgehead atoms. The minimum atomic E-state index is -1.79. The van der Waals surface area contributed by atoms with Gasteiger partial charge in [-0.3, -0.25) is 4.79 Å². The van der Waals surface area contributed by atoms with E-state index in [-0.39, 0.29) is 18.9 Å². The molecular formula is C63H107NO13. The summed E-state index contributed by atoms with van der Waals surface area (Å²) in [7, 11) is 0. The number of rotatable bonds is 46. The van der Waals surface area contributed by atoms with Gasteiger partial charge in [-0.1, -0.05) is 214 Å². The third kappa shape index (κ3) is 33.3. The number of hydrogen-bond acceptors (Lipinski definition) is 13. The third-order valence-corrected chi connectivity index (χ3v) is 14.1. The monoisotopic (exact) mass is 1090 g/mol. The highest BCUT2D eigenvalue weighted by Crippen LogP contribution is 2.30. The molecule has 2 fully saturated rings. The molecule has 442 valence electrons. The molecule has 0 radical (unpaired) electrons. The topological polar surface area (TPSA) is 228 Å². The number of aliphatic hydroxyl groups excluding tert-OH is 8. The van der Waals surface area contributed by atoms with E-state index in [2.05, 4.69) is 116 Å². The Morgan fingerprint density at radius 2 is 0.896 bits per heavy atom. The van der Waals surface area contributed by atoms with Gasteiger partial charge in [-0.2, -0.15) is 0 Å². The van der Waals surface area contributed by atoms with Gasteiger partial charge in [-0.15, -0.1) is 0 Å². The maximum Gasteiger partial charge on any atom is 0.220 e. The van der Waals surface area contributed by atoms with E-state index >= 15 is 0 Å². The zero-order chi connectivity index (χ0) is 56.0.